The number of carboxylic acids is 1. The number of hydrogen-bond donors (Lipinski definition) is 1. The number of benzene rings is 3. The van der Waals surface area contributed by atoms with E-state index in [1.54, 1.807) is 0 Å². The summed E-state index contributed by atoms with van der Waals surface area (Å²) < 4.78 is 16.8. The summed E-state index contributed by atoms with van der Waals surface area (Å²) in [6.45, 7) is 2.72. The molecule has 5 nitrogen and oxygen atoms in total. The second kappa shape index (κ2) is 8.23. The van der Waals surface area contributed by atoms with E-state index in [-0.39, 0.29) is 5.92 Å². The van der Waals surface area contributed by atoms with Crippen molar-refractivity contribution in [2.24, 2.45) is 5.92 Å². The van der Waals surface area contributed by atoms with E-state index in [4.69, 9.17) is 19.3 Å². The second-order valence-corrected chi connectivity index (χ2v) is 7.56. The summed E-state index contributed by atoms with van der Waals surface area (Å²) in [4.78, 5) is 11.2. The van der Waals surface area contributed by atoms with Crippen LogP contribution >= 0.6 is 0 Å². The first kappa shape index (κ1) is 19.4. The highest BCUT2D eigenvalue weighted by Gasteiger charge is 2.40. The smallest absolute Gasteiger partial charge is 0.364 e. The molecule has 1 aliphatic heterocycles. The van der Waals surface area contributed by atoms with Crippen LogP contribution in [0.1, 0.15) is 18.1 Å². The normalized spacial score (nSPS) is 21.8. The molecule has 0 spiro atoms. The highest BCUT2D eigenvalue weighted by molar-refractivity contribution is 5.84. The lowest BCUT2D eigenvalue weighted by molar-refractivity contribution is -0.270. The van der Waals surface area contributed by atoms with Gasteiger partial charge in [-0.2, -0.15) is 0 Å². The molecule has 1 saturated heterocycles. The summed E-state index contributed by atoms with van der Waals surface area (Å²) >= 11 is 0. The monoisotopic (exact) mass is 392 g/mol. The molecule has 0 unspecified atom stereocenters. The lowest BCUT2D eigenvalue weighted by Crippen LogP contribution is -2.48. The minimum absolute atomic E-state index is 0.133. The average Bonchev–Trinajstić information content (AvgIpc) is 2.74. The number of hydrogen-bond acceptors (Lipinski definition) is 4. The van der Waals surface area contributed by atoms with Gasteiger partial charge in [0.15, 0.2) is 0 Å². The Bertz CT molecular complexity index is 991. The van der Waals surface area contributed by atoms with E-state index in [1.165, 1.54) is 12.5 Å². The van der Waals surface area contributed by atoms with Crippen molar-refractivity contribution in [2.75, 3.05) is 13.2 Å². The molecule has 5 heteroatoms. The molecule has 0 atom stereocenters. The largest absolute Gasteiger partial charge is 0.489 e. The molecule has 0 saturated carbocycles. The first-order chi connectivity index (χ1) is 14.0. The van der Waals surface area contributed by atoms with Gasteiger partial charge in [-0.15, -0.1) is 0 Å². The van der Waals surface area contributed by atoms with Gasteiger partial charge in [-0.3, -0.25) is 0 Å². The third-order valence-corrected chi connectivity index (χ3v) is 5.23. The fraction of sp³-hybridized carbons (Fsp3) is 0.292. The molecule has 1 fully saturated rings. The van der Waals surface area contributed by atoms with Crippen molar-refractivity contribution in [3.63, 3.8) is 0 Å². The Morgan fingerprint density at radius 3 is 2.41 bits per heavy atom. The molecule has 3 aromatic carbocycles. The molecule has 0 amide bonds. The Labute approximate surface area is 169 Å². The summed E-state index contributed by atoms with van der Waals surface area (Å²) in [6.07, 6.45) is 0.776. The summed E-state index contributed by atoms with van der Waals surface area (Å²) in [7, 11) is 0. The van der Waals surface area contributed by atoms with Gasteiger partial charge in [-0.05, 0) is 40.5 Å². The Morgan fingerprint density at radius 2 is 1.69 bits per heavy atom. The summed E-state index contributed by atoms with van der Waals surface area (Å²) in [5.41, 5.74) is 2.31. The standard InChI is InChI=1S/C24H24O5/c1-24(23(25)26)28-15-19(16-29-24)11-18-7-8-21-13-22(10-9-20(21)12-18)27-14-17-5-3-2-4-6-17/h2-10,12-13,19H,11,14-16H2,1H3,(H,25,26). The lowest BCUT2D eigenvalue weighted by atomic mass is 9.97. The van der Waals surface area contributed by atoms with E-state index >= 15 is 0 Å². The molecule has 0 aliphatic carbocycles. The van der Waals surface area contributed by atoms with Gasteiger partial charge in [0.2, 0.25) is 0 Å². The summed E-state index contributed by atoms with van der Waals surface area (Å²) in [6, 6.07) is 22.5. The Balaban J connectivity index is 1.39. The Kier molecular flexibility index (Phi) is 5.51. The van der Waals surface area contributed by atoms with Crippen molar-refractivity contribution < 1.29 is 24.1 Å². The predicted octanol–water partition coefficient (Wildman–Crippen LogP) is 4.43. The maximum Gasteiger partial charge on any atom is 0.364 e. The van der Waals surface area contributed by atoms with Crippen molar-refractivity contribution in [1.82, 2.24) is 0 Å². The van der Waals surface area contributed by atoms with Crippen LogP contribution in [-0.2, 0) is 27.3 Å². The van der Waals surface area contributed by atoms with Crippen LogP contribution in [0.4, 0.5) is 0 Å². The van der Waals surface area contributed by atoms with Gasteiger partial charge in [0.25, 0.3) is 5.79 Å². The second-order valence-electron chi connectivity index (χ2n) is 7.56. The number of carboxylic acid groups (broad SMARTS) is 1. The maximum atomic E-state index is 11.2. The minimum Gasteiger partial charge on any atom is -0.489 e. The lowest BCUT2D eigenvalue weighted by Gasteiger charge is -2.34. The van der Waals surface area contributed by atoms with Crippen LogP contribution in [0.15, 0.2) is 66.7 Å². The maximum absolute atomic E-state index is 11.2. The van der Waals surface area contributed by atoms with Crippen molar-refractivity contribution in [1.29, 1.82) is 0 Å². The van der Waals surface area contributed by atoms with Gasteiger partial charge in [-0.25, -0.2) is 4.79 Å². The van der Waals surface area contributed by atoms with Crippen LogP contribution in [0.25, 0.3) is 10.8 Å². The van der Waals surface area contributed by atoms with Crippen molar-refractivity contribution in [3.8, 4) is 5.75 Å². The van der Waals surface area contributed by atoms with Gasteiger partial charge in [-0.1, -0.05) is 54.6 Å². The van der Waals surface area contributed by atoms with E-state index < -0.39 is 11.8 Å². The van der Waals surface area contributed by atoms with E-state index in [9.17, 15) is 4.79 Å². The van der Waals surface area contributed by atoms with Crippen LogP contribution in [0, 0.1) is 5.92 Å². The van der Waals surface area contributed by atoms with Crippen molar-refractivity contribution in [2.45, 2.75) is 25.7 Å². The topological polar surface area (TPSA) is 65.0 Å². The zero-order valence-electron chi connectivity index (χ0n) is 16.3. The minimum atomic E-state index is -1.53. The fourth-order valence-corrected chi connectivity index (χ4v) is 3.45. The highest BCUT2D eigenvalue weighted by Crippen LogP contribution is 2.27. The molecular weight excluding hydrogens is 368 g/mol. The van der Waals surface area contributed by atoms with E-state index in [2.05, 4.69) is 24.3 Å². The van der Waals surface area contributed by atoms with Crippen molar-refractivity contribution >= 4 is 16.7 Å². The zero-order chi connectivity index (χ0) is 20.3. The SMILES string of the molecule is CC1(C(=O)O)OCC(Cc2ccc3cc(OCc4ccccc4)ccc3c2)CO1. The van der Waals surface area contributed by atoms with Gasteiger partial charge in [0, 0.05) is 12.8 Å². The third-order valence-electron chi connectivity index (χ3n) is 5.23. The first-order valence-corrected chi connectivity index (χ1v) is 9.72. The van der Waals surface area contributed by atoms with Crippen LogP contribution < -0.4 is 4.74 Å². The van der Waals surface area contributed by atoms with E-state index in [0.717, 1.165) is 28.5 Å². The molecule has 1 N–H and O–H groups in total. The van der Waals surface area contributed by atoms with Gasteiger partial charge < -0.3 is 19.3 Å². The highest BCUT2D eigenvalue weighted by atomic mass is 16.7. The molecule has 29 heavy (non-hydrogen) atoms. The van der Waals surface area contributed by atoms with Crippen LogP contribution in [0.5, 0.6) is 5.75 Å². The molecule has 0 bridgehead atoms. The van der Waals surface area contributed by atoms with Gasteiger partial charge >= 0.3 is 5.97 Å². The molecule has 1 heterocycles. The van der Waals surface area contributed by atoms with Crippen molar-refractivity contribution in [3.05, 3.63) is 77.9 Å². The Hall–Kier alpha value is -2.89. The van der Waals surface area contributed by atoms with Gasteiger partial charge in [0.05, 0.1) is 13.2 Å². The predicted molar refractivity (Wildman–Crippen MR) is 110 cm³/mol. The van der Waals surface area contributed by atoms with Crippen LogP contribution in [0.3, 0.4) is 0 Å². The molecule has 4 rings (SSSR count). The molecule has 150 valence electrons. The quantitative estimate of drug-likeness (QED) is 0.672. The zero-order valence-corrected chi connectivity index (χ0v) is 16.3. The number of ether oxygens (including phenoxy) is 3. The van der Waals surface area contributed by atoms with Crippen LogP contribution in [0.2, 0.25) is 0 Å². The number of carbonyl (C=O) groups is 1. The Morgan fingerprint density at radius 1 is 1.00 bits per heavy atom. The first-order valence-electron chi connectivity index (χ1n) is 9.72. The van der Waals surface area contributed by atoms with E-state index in [1.807, 2.05) is 42.5 Å². The molecule has 0 radical (unpaired) electrons. The van der Waals surface area contributed by atoms with Crippen LogP contribution in [-0.4, -0.2) is 30.1 Å². The number of aliphatic carboxylic acids is 1. The molecule has 3 aromatic rings. The molecular formula is C24H24O5. The fourth-order valence-electron chi connectivity index (χ4n) is 3.45. The molecule has 0 aromatic heterocycles. The van der Waals surface area contributed by atoms with E-state index in [0.29, 0.717) is 19.8 Å². The third kappa shape index (κ3) is 4.58. The number of rotatable bonds is 6. The van der Waals surface area contributed by atoms with Gasteiger partial charge in [0.1, 0.15) is 12.4 Å². The summed E-state index contributed by atoms with van der Waals surface area (Å²) in [5.74, 6) is -1.65. The number of fused-ring (bicyclic) bond motifs is 1. The average molecular weight is 392 g/mol. The summed E-state index contributed by atoms with van der Waals surface area (Å²) in [5, 5.41) is 11.4. The molecule has 1 aliphatic rings.